The summed E-state index contributed by atoms with van der Waals surface area (Å²) in [6.45, 7) is 3.24. The van der Waals surface area contributed by atoms with Crippen molar-refractivity contribution in [1.29, 1.82) is 0 Å². The Bertz CT molecular complexity index is 2070. The lowest BCUT2D eigenvalue weighted by Gasteiger charge is -2.31. The van der Waals surface area contributed by atoms with E-state index in [1.807, 2.05) is 0 Å². The van der Waals surface area contributed by atoms with Gasteiger partial charge in [0.1, 0.15) is 12.4 Å². The van der Waals surface area contributed by atoms with E-state index in [-0.39, 0.29) is 37.5 Å². The summed E-state index contributed by atoms with van der Waals surface area (Å²) in [6.07, 6.45) is -0.624. The van der Waals surface area contributed by atoms with Crippen molar-refractivity contribution in [3.05, 3.63) is 85.4 Å². The van der Waals surface area contributed by atoms with Crippen LogP contribution in [0.1, 0.15) is 70.9 Å². The predicted molar refractivity (Wildman–Crippen MR) is 156 cm³/mol. The van der Waals surface area contributed by atoms with Crippen molar-refractivity contribution < 1.29 is 38.4 Å². The maximum atomic E-state index is 15.2. The van der Waals surface area contributed by atoms with Gasteiger partial charge < -0.3 is 34.3 Å². The Morgan fingerprint density at radius 3 is 2.76 bits per heavy atom. The number of aromatic nitrogens is 2. The first kappa shape index (κ1) is 27.7. The molecule has 5 heterocycles. The summed E-state index contributed by atoms with van der Waals surface area (Å²) < 4.78 is 32.6. The number of aryl methyl sites for hydroxylation is 1. The van der Waals surface area contributed by atoms with Crippen LogP contribution in [0.15, 0.2) is 35.1 Å². The van der Waals surface area contributed by atoms with E-state index < -0.39 is 41.0 Å². The maximum absolute atomic E-state index is 15.2. The number of ether oxygens (including phenoxy) is 3. The number of fused-ring (bicyclic) bond motifs is 6. The Morgan fingerprint density at radius 2 is 1.96 bits per heavy atom. The Kier molecular flexibility index (Phi) is 5.91. The minimum atomic E-state index is -1.99. The molecule has 2 aromatic carbocycles. The van der Waals surface area contributed by atoms with Gasteiger partial charge in [-0.15, -0.1) is 0 Å². The second-order valence-electron chi connectivity index (χ2n) is 11.9. The highest BCUT2D eigenvalue weighted by atomic mass is 19.1. The molecule has 0 saturated carbocycles. The Hall–Kier alpha value is -4.81. The van der Waals surface area contributed by atoms with Crippen LogP contribution < -0.4 is 20.3 Å². The van der Waals surface area contributed by atoms with Gasteiger partial charge in [-0.1, -0.05) is 13.0 Å². The summed E-state index contributed by atoms with van der Waals surface area (Å²) >= 11 is 0. The molecule has 45 heavy (non-hydrogen) atoms. The number of aliphatic hydroxyl groups is 2. The quantitative estimate of drug-likeness (QED) is 0.260. The average Bonchev–Trinajstić information content (AvgIpc) is 3.66. The molecule has 4 aliphatic rings. The van der Waals surface area contributed by atoms with Gasteiger partial charge in [-0.3, -0.25) is 9.59 Å². The second-order valence-corrected chi connectivity index (χ2v) is 11.9. The standard InChI is InChI=1S/C33H28FN3O8/c1-3-33(42)19-9-23-28-17(11-37(23)31(40)18(19)12-43-32(33)41)27-21(6-5-16-14(2)20(34)10-22(35-28)26(16)27)36-30(39)29(38)15-4-7-24-25(8-15)45-13-44-24/h4,7-10,21,29,38,42H,3,5-6,11-13H2,1-2H3,(H,36,39)/t21-,29+,33-/m0/s1. The third kappa shape index (κ3) is 3.82. The first-order valence-corrected chi connectivity index (χ1v) is 14.8. The molecule has 0 spiro atoms. The van der Waals surface area contributed by atoms with E-state index in [2.05, 4.69) is 5.32 Å². The molecule has 230 valence electrons. The minimum Gasteiger partial charge on any atom is -0.458 e. The van der Waals surface area contributed by atoms with E-state index in [0.29, 0.717) is 68.9 Å². The van der Waals surface area contributed by atoms with Gasteiger partial charge in [-0.05, 0) is 66.6 Å². The molecule has 0 bridgehead atoms. The molecule has 0 saturated heterocycles. The van der Waals surface area contributed by atoms with Crippen LogP contribution in [-0.4, -0.2) is 38.4 Å². The van der Waals surface area contributed by atoms with Gasteiger partial charge in [0.2, 0.25) is 6.79 Å². The molecule has 12 heteroatoms. The number of carbonyl (C=O) groups is 2. The first-order chi connectivity index (χ1) is 21.6. The molecule has 8 rings (SSSR count). The van der Waals surface area contributed by atoms with Crippen LogP contribution in [0.5, 0.6) is 11.5 Å². The molecular formula is C33H28FN3O8. The number of amides is 1. The van der Waals surface area contributed by atoms with E-state index in [9.17, 15) is 24.6 Å². The number of hydrogen-bond donors (Lipinski definition) is 3. The van der Waals surface area contributed by atoms with Crippen LogP contribution in [0.2, 0.25) is 0 Å². The largest absolute Gasteiger partial charge is 0.458 e. The molecule has 3 atom stereocenters. The number of hydrogen-bond acceptors (Lipinski definition) is 9. The molecule has 2 aromatic heterocycles. The molecule has 0 radical (unpaired) electrons. The number of carbonyl (C=O) groups excluding carboxylic acids is 2. The minimum absolute atomic E-state index is 0.00136. The lowest BCUT2D eigenvalue weighted by Crippen LogP contribution is -2.44. The van der Waals surface area contributed by atoms with Crippen molar-refractivity contribution >= 4 is 22.8 Å². The van der Waals surface area contributed by atoms with Gasteiger partial charge in [0.15, 0.2) is 23.2 Å². The summed E-state index contributed by atoms with van der Waals surface area (Å²) in [4.78, 5) is 44.7. The van der Waals surface area contributed by atoms with Crippen molar-refractivity contribution in [2.24, 2.45) is 0 Å². The molecule has 0 unspecified atom stereocenters. The second kappa shape index (κ2) is 9.59. The molecule has 1 amide bonds. The number of nitrogens with one attached hydrogen (secondary N) is 1. The van der Waals surface area contributed by atoms with Crippen molar-refractivity contribution in [3.8, 4) is 22.9 Å². The van der Waals surface area contributed by atoms with Gasteiger partial charge in [0.05, 0.1) is 35.1 Å². The van der Waals surface area contributed by atoms with Crippen molar-refractivity contribution in [1.82, 2.24) is 14.9 Å². The smallest absolute Gasteiger partial charge is 0.343 e. The summed E-state index contributed by atoms with van der Waals surface area (Å²) in [6, 6.07) is 7.16. The van der Waals surface area contributed by atoms with Crippen LogP contribution in [0.3, 0.4) is 0 Å². The Morgan fingerprint density at radius 1 is 1.16 bits per heavy atom. The number of rotatable bonds is 4. The molecule has 11 nitrogen and oxygen atoms in total. The maximum Gasteiger partial charge on any atom is 0.343 e. The Labute approximate surface area is 255 Å². The molecular weight excluding hydrogens is 585 g/mol. The molecule has 3 aliphatic heterocycles. The lowest BCUT2D eigenvalue weighted by atomic mass is 9.81. The summed E-state index contributed by atoms with van der Waals surface area (Å²) in [5, 5.41) is 26.0. The number of cyclic esters (lactones) is 1. The Balaban J connectivity index is 1.27. The van der Waals surface area contributed by atoms with Crippen molar-refractivity contribution in [2.75, 3.05) is 6.79 Å². The summed E-state index contributed by atoms with van der Waals surface area (Å²) in [5.41, 5.74) is 2.06. The lowest BCUT2D eigenvalue weighted by molar-refractivity contribution is -0.172. The van der Waals surface area contributed by atoms with E-state index >= 15 is 4.39 Å². The number of esters is 1. The van der Waals surface area contributed by atoms with E-state index in [1.165, 1.54) is 10.6 Å². The fraction of sp³-hybridized carbons (Fsp3) is 0.333. The summed E-state index contributed by atoms with van der Waals surface area (Å²) in [5.74, 6) is -0.915. The third-order valence-corrected chi connectivity index (χ3v) is 9.66. The normalized spacial score (nSPS) is 21.2. The van der Waals surface area contributed by atoms with Crippen molar-refractivity contribution in [2.45, 2.75) is 64.0 Å². The van der Waals surface area contributed by atoms with Crippen LogP contribution in [0.25, 0.3) is 22.3 Å². The highest BCUT2D eigenvalue weighted by molar-refractivity contribution is 5.94. The fourth-order valence-electron chi connectivity index (χ4n) is 7.18. The zero-order valence-electron chi connectivity index (χ0n) is 24.4. The number of benzene rings is 2. The van der Waals surface area contributed by atoms with Crippen LogP contribution >= 0.6 is 0 Å². The van der Waals surface area contributed by atoms with Crippen LogP contribution in [-0.2, 0) is 39.5 Å². The zero-order chi connectivity index (χ0) is 31.4. The van der Waals surface area contributed by atoms with Crippen molar-refractivity contribution in [3.63, 3.8) is 0 Å². The van der Waals surface area contributed by atoms with Gasteiger partial charge >= 0.3 is 5.97 Å². The van der Waals surface area contributed by atoms with E-state index in [4.69, 9.17) is 19.2 Å². The summed E-state index contributed by atoms with van der Waals surface area (Å²) in [7, 11) is 0. The van der Waals surface area contributed by atoms with Gasteiger partial charge in [0, 0.05) is 22.6 Å². The third-order valence-electron chi connectivity index (χ3n) is 9.66. The molecule has 0 fully saturated rings. The molecule has 3 N–H and O–H groups in total. The van der Waals surface area contributed by atoms with E-state index in [1.54, 1.807) is 38.1 Å². The highest BCUT2D eigenvalue weighted by Gasteiger charge is 2.46. The topological polar surface area (TPSA) is 149 Å². The average molecular weight is 614 g/mol. The predicted octanol–water partition coefficient (Wildman–Crippen LogP) is 3.09. The molecule has 4 aromatic rings. The van der Waals surface area contributed by atoms with Gasteiger partial charge in [0.25, 0.3) is 11.5 Å². The monoisotopic (exact) mass is 613 g/mol. The fourth-order valence-corrected chi connectivity index (χ4v) is 7.18. The number of aliphatic hydroxyl groups excluding tert-OH is 1. The van der Waals surface area contributed by atoms with Gasteiger partial charge in [-0.25, -0.2) is 14.2 Å². The highest BCUT2D eigenvalue weighted by Crippen LogP contribution is 2.46. The van der Waals surface area contributed by atoms with Crippen LogP contribution in [0.4, 0.5) is 4.39 Å². The van der Waals surface area contributed by atoms with E-state index in [0.717, 1.165) is 5.56 Å². The number of nitrogens with zero attached hydrogens (tertiary/aromatic N) is 2. The van der Waals surface area contributed by atoms with Crippen LogP contribution in [0, 0.1) is 12.7 Å². The first-order valence-electron chi connectivity index (χ1n) is 14.8. The zero-order valence-corrected chi connectivity index (χ0v) is 24.4. The molecule has 1 aliphatic carbocycles. The number of halogens is 1. The van der Waals surface area contributed by atoms with Gasteiger partial charge in [-0.2, -0.15) is 0 Å². The number of pyridine rings is 2. The SMILES string of the molecule is CC[C@@]1(O)C(=O)OCc2c1cc1n(c2=O)Cc2c-1nc1cc(F)c(C)c3c1c2[C@@H](NC(=O)[C@H](O)c1ccc2c(c1)OCO2)CC3.